The summed E-state index contributed by atoms with van der Waals surface area (Å²) in [6, 6.07) is 4.35. The maximum Gasteiger partial charge on any atom is 0.0931 e. The van der Waals surface area contributed by atoms with Gasteiger partial charge in [-0.25, -0.2) is 0 Å². The van der Waals surface area contributed by atoms with Gasteiger partial charge in [0.15, 0.2) is 0 Å². The van der Waals surface area contributed by atoms with Gasteiger partial charge in [0.2, 0.25) is 0 Å². The monoisotopic (exact) mass is 229 g/mol. The molecular weight excluding hydrogens is 214 g/mol. The molecule has 14 heavy (non-hydrogen) atoms. The van der Waals surface area contributed by atoms with Crippen molar-refractivity contribution in [2.24, 2.45) is 17.6 Å². The first-order valence-corrected chi connectivity index (χ1v) is 6.36. The summed E-state index contributed by atoms with van der Waals surface area (Å²) in [5, 5.41) is 0. The zero-order valence-corrected chi connectivity index (χ0v) is 9.94. The zero-order valence-electron chi connectivity index (χ0n) is 8.37. The largest absolute Gasteiger partial charge is 0.327 e. The highest BCUT2D eigenvalue weighted by Gasteiger charge is 2.31. The molecular formula is C11H16ClNS. The Morgan fingerprint density at radius 3 is 2.79 bits per heavy atom. The fourth-order valence-electron chi connectivity index (χ4n) is 1.85. The maximum absolute atomic E-state index is 6.16. The van der Waals surface area contributed by atoms with E-state index in [1.165, 1.54) is 17.7 Å². The van der Waals surface area contributed by atoms with Gasteiger partial charge in [0.05, 0.1) is 4.34 Å². The summed E-state index contributed by atoms with van der Waals surface area (Å²) < 4.78 is 0.867. The van der Waals surface area contributed by atoms with Gasteiger partial charge in [-0.1, -0.05) is 18.5 Å². The summed E-state index contributed by atoms with van der Waals surface area (Å²) in [7, 11) is 0. The van der Waals surface area contributed by atoms with Crippen LogP contribution in [0.15, 0.2) is 12.1 Å². The lowest BCUT2D eigenvalue weighted by atomic mass is 9.94. The standard InChI is InChI=1S/C11H16ClNS/c1-7(8-2-3-8)10(13)6-9-4-5-11(12)14-9/h4-5,7-8,10H,2-3,6,13H2,1H3. The first-order valence-electron chi connectivity index (χ1n) is 5.16. The lowest BCUT2D eigenvalue weighted by Crippen LogP contribution is -2.31. The lowest BCUT2D eigenvalue weighted by molar-refractivity contribution is 0.406. The van der Waals surface area contributed by atoms with Gasteiger partial charge in [-0.2, -0.15) is 0 Å². The molecule has 1 aromatic rings. The van der Waals surface area contributed by atoms with Gasteiger partial charge < -0.3 is 5.73 Å². The first-order chi connectivity index (χ1) is 6.66. The smallest absolute Gasteiger partial charge is 0.0931 e. The average molecular weight is 230 g/mol. The van der Waals surface area contributed by atoms with Crippen LogP contribution >= 0.6 is 22.9 Å². The van der Waals surface area contributed by atoms with Crippen LogP contribution in [0.1, 0.15) is 24.6 Å². The molecule has 0 amide bonds. The van der Waals surface area contributed by atoms with E-state index in [2.05, 4.69) is 13.0 Å². The third kappa shape index (κ3) is 2.50. The molecule has 2 N–H and O–H groups in total. The van der Waals surface area contributed by atoms with Gasteiger partial charge in [0.1, 0.15) is 0 Å². The van der Waals surface area contributed by atoms with Crippen LogP contribution in [0.3, 0.4) is 0 Å². The second kappa shape index (κ2) is 4.21. The highest BCUT2D eigenvalue weighted by molar-refractivity contribution is 7.16. The van der Waals surface area contributed by atoms with Gasteiger partial charge in [-0.05, 0) is 43.2 Å². The highest BCUT2D eigenvalue weighted by atomic mass is 35.5. The van der Waals surface area contributed by atoms with Crippen molar-refractivity contribution >= 4 is 22.9 Å². The number of nitrogens with two attached hydrogens (primary N) is 1. The molecule has 78 valence electrons. The molecule has 0 bridgehead atoms. The van der Waals surface area contributed by atoms with E-state index in [1.54, 1.807) is 11.3 Å². The average Bonchev–Trinajstić information content (AvgIpc) is 2.91. The Morgan fingerprint density at radius 1 is 1.57 bits per heavy atom. The van der Waals surface area contributed by atoms with E-state index in [0.29, 0.717) is 12.0 Å². The summed E-state index contributed by atoms with van der Waals surface area (Å²) >= 11 is 7.53. The van der Waals surface area contributed by atoms with Crippen LogP contribution in [-0.4, -0.2) is 6.04 Å². The SMILES string of the molecule is CC(C(N)Cc1ccc(Cl)s1)C1CC1. The minimum atomic E-state index is 0.303. The Balaban J connectivity index is 1.89. The Labute approximate surface area is 94.3 Å². The summed E-state index contributed by atoms with van der Waals surface area (Å²) in [5.74, 6) is 1.55. The van der Waals surface area contributed by atoms with Crippen molar-refractivity contribution in [2.45, 2.75) is 32.2 Å². The Kier molecular flexibility index (Phi) is 3.15. The predicted molar refractivity (Wildman–Crippen MR) is 62.9 cm³/mol. The molecule has 1 saturated carbocycles. The Hall–Kier alpha value is -0.0500. The van der Waals surface area contributed by atoms with Gasteiger partial charge in [-0.15, -0.1) is 11.3 Å². The third-order valence-electron chi connectivity index (χ3n) is 3.11. The molecule has 1 heterocycles. The van der Waals surface area contributed by atoms with Crippen molar-refractivity contribution in [3.63, 3.8) is 0 Å². The molecule has 2 atom stereocenters. The Morgan fingerprint density at radius 2 is 2.29 bits per heavy atom. The van der Waals surface area contributed by atoms with Crippen LogP contribution in [0, 0.1) is 11.8 Å². The van der Waals surface area contributed by atoms with Gasteiger partial charge in [0, 0.05) is 10.9 Å². The second-order valence-corrected chi connectivity index (χ2v) is 6.07. The van der Waals surface area contributed by atoms with Crippen LogP contribution in [0.4, 0.5) is 0 Å². The van der Waals surface area contributed by atoms with E-state index in [0.717, 1.165) is 16.7 Å². The van der Waals surface area contributed by atoms with E-state index in [4.69, 9.17) is 17.3 Å². The molecule has 0 aliphatic heterocycles. The highest BCUT2D eigenvalue weighted by Crippen LogP contribution is 2.38. The third-order valence-corrected chi connectivity index (χ3v) is 4.36. The van der Waals surface area contributed by atoms with Crippen LogP contribution in [-0.2, 0) is 6.42 Å². The van der Waals surface area contributed by atoms with E-state index < -0.39 is 0 Å². The molecule has 0 saturated heterocycles. The van der Waals surface area contributed by atoms with Crippen LogP contribution in [0.2, 0.25) is 4.34 Å². The molecule has 1 fully saturated rings. The molecule has 0 aromatic carbocycles. The molecule has 3 heteroatoms. The first kappa shape index (κ1) is 10.5. The van der Waals surface area contributed by atoms with Crippen molar-refractivity contribution in [1.29, 1.82) is 0 Å². The normalized spacial score (nSPS) is 20.8. The predicted octanol–water partition coefficient (Wildman–Crippen LogP) is 3.32. The molecule has 0 radical (unpaired) electrons. The van der Waals surface area contributed by atoms with Crippen LogP contribution in [0.5, 0.6) is 0 Å². The van der Waals surface area contributed by atoms with Gasteiger partial charge in [0.25, 0.3) is 0 Å². The quantitative estimate of drug-likeness (QED) is 0.842. The number of hydrogen-bond donors (Lipinski definition) is 1. The molecule has 2 unspecified atom stereocenters. The van der Waals surface area contributed by atoms with Crippen molar-refractivity contribution in [2.75, 3.05) is 0 Å². The minimum absolute atomic E-state index is 0.303. The Bertz CT molecular complexity index is 306. The summed E-state index contributed by atoms with van der Waals surface area (Å²) in [5.41, 5.74) is 6.16. The van der Waals surface area contributed by atoms with Crippen molar-refractivity contribution in [1.82, 2.24) is 0 Å². The van der Waals surface area contributed by atoms with Crippen LogP contribution < -0.4 is 5.73 Å². The molecule has 1 nitrogen and oxygen atoms in total. The van der Waals surface area contributed by atoms with Crippen molar-refractivity contribution < 1.29 is 0 Å². The topological polar surface area (TPSA) is 26.0 Å². The lowest BCUT2D eigenvalue weighted by Gasteiger charge is -2.18. The zero-order chi connectivity index (χ0) is 10.1. The summed E-state index contributed by atoms with van der Waals surface area (Å²) in [6.45, 7) is 2.28. The molecule has 2 rings (SSSR count). The van der Waals surface area contributed by atoms with E-state index in [-0.39, 0.29) is 0 Å². The van der Waals surface area contributed by atoms with E-state index in [9.17, 15) is 0 Å². The van der Waals surface area contributed by atoms with E-state index in [1.807, 2.05) is 6.07 Å². The number of thiophene rings is 1. The summed E-state index contributed by atoms with van der Waals surface area (Å²) in [6.07, 6.45) is 3.73. The fraction of sp³-hybridized carbons (Fsp3) is 0.636. The molecule has 1 aliphatic carbocycles. The van der Waals surface area contributed by atoms with Gasteiger partial charge >= 0.3 is 0 Å². The van der Waals surface area contributed by atoms with Crippen molar-refractivity contribution in [3.05, 3.63) is 21.3 Å². The fourth-order valence-corrected chi connectivity index (χ4v) is 3.01. The van der Waals surface area contributed by atoms with Gasteiger partial charge in [-0.3, -0.25) is 0 Å². The molecule has 1 aliphatic rings. The number of halogens is 1. The van der Waals surface area contributed by atoms with Crippen LogP contribution in [0.25, 0.3) is 0 Å². The number of hydrogen-bond acceptors (Lipinski definition) is 2. The second-order valence-electron chi connectivity index (χ2n) is 4.27. The molecule has 0 spiro atoms. The summed E-state index contributed by atoms with van der Waals surface area (Å²) in [4.78, 5) is 1.31. The minimum Gasteiger partial charge on any atom is -0.327 e. The molecule has 1 aromatic heterocycles. The number of rotatable bonds is 4. The maximum atomic E-state index is 6.16. The van der Waals surface area contributed by atoms with E-state index >= 15 is 0 Å². The van der Waals surface area contributed by atoms with Crippen molar-refractivity contribution in [3.8, 4) is 0 Å².